The summed E-state index contributed by atoms with van der Waals surface area (Å²) in [5, 5.41) is 0. The van der Waals surface area contributed by atoms with E-state index in [2.05, 4.69) is 79.1 Å². The molecule has 0 aromatic heterocycles. The summed E-state index contributed by atoms with van der Waals surface area (Å²) in [6, 6.07) is 10.8. The molecular weight excluding hydrogens is 308 g/mol. The van der Waals surface area contributed by atoms with Gasteiger partial charge in [0.1, 0.15) is 0 Å². The molecule has 0 aliphatic heterocycles. The minimum atomic E-state index is 0.722. The maximum Gasteiger partial charge on any atom is 0.0505 e. The van der Waals surface area contributed by atoms with Gasteiger partial charge in [-0.15, -0.1) is 23.5 Å². The molecule has 0 saturated carbocycles. The monoisotopic (exact) mass is 332 g/mol. The molecule has 1 rings (SSSR count). The molecule has 0 saturated heterocycles. The van der Waals surface area contributed by atoms with Crippen LogP contribution in [-0.4, -0.2) is 27.6 Å². The fourth-order valence-corrected chi connectivity index (χ4v) is 5.13. The zero-order valence-corrected chi connectivity index (χ0v) is 14.8. The maximum absolute atomic E-state index is 4.29. The van der Waals surface area contributed by atoms with Crippen molar-refractivity contribution in [1.29, 1.82) is 0 Å². The van der Waals surface area contributed by atoms with Crippen LogP contribution in [0.25, 0.3) is 0 Å². The normalized spacial score (nSPS) is 11.1. The van der Waals surface area contributed by atoms with Crippen LogP contribution in [0.15, 0.2) is 30.3 Å². The van der Waals surface area contributed by atoms with E-state index in [-0.39, 0.29) is 0 Å². The van der Waals surface area contributed by atoms with E-state index < -0.39 is 0 Å². The van der Waals surface area contributed by atoms with Crippen molar-refractivity contribution < 1.29 is 0 Å². The maximum atomic E-state index is 4.29. The van der Waals surface area contributed by atoms with Gasteiger partial charge in [0.05, 0.1) is 4.58 Å². The Hall–Kier alpha value is 0.620. The van der Waals surface area contributed by atoms with E-state index in [4.69, 9.17) is 0 Å². The third-order valence-electron chi connectivity index (χ3n) is 2.72. The van der Waals surface area contributed by atoms with Gasteiger partial charge in [-0.05, 0) is 54.3 Å². The molecule has 0 amide bonds. The van der Waals surface area contributed by atoms with Crippen molar-refractivity contribution in [2.45, 2.75) is 30.3 Å². The van der Waals surface area contributed by atoms with Gasteiger partial charge in [-0.1, -0.05) is 30.3 Å². The average molecular weight is 333 g/mol. The van der Waals surface area contributed by atoms with E-state index in [1.54, 1.807) is 0 Å². The second kappa shape index (κ2) is 12.4. The standard InChI is InChI=1S/C15H24S4/c16-10-4-12-18-15(19-13-5-11-17)9-8-14-6-2-1-3-7-14/h1-3,6-7,15-17H,4-5,8-13H2. The molecule has 0 unspecified atom stereocenters. The zero-order chi connectivity index (χ0) is 13.8. The molecule has 1 aromatic rings. The minimum absolute atomic E-state index is 0.722. The Morgan fingerprint density at radius 3 is 2.00 bits per heavy atom. The molecule has 0 nitrogen and oxygen atoms in total. The Balaban J connectivity index is 2.30. The van der Waals surface area contributed by atoms with Crippen LogP contribution in [0.2, 0.25) is 0 Å². The summed E-state index contributed by atoms with van der Waals surface area (Å²) >= 11 is 12.8. The lowest BCUT2D eigenvalue weighted by atomic mass is 10.1. The molecule has 0 spiro atoms. The minimum Gasteiger partial charge on any atom is -0.179 e. The second-order valence-corrected chi connectivity index (χ2v) is 8.16. The first-order valence-electron chi connectivity index (χ1n) is 6.85. The predicted octanol–water partition coefficient (Wildman–Crippen LogP) is 5.05. The molecule has 1 aromatic carbocycles. The molecule has 19 heavy (non-hydrogen) atoms. The number of benzene rings is 1. The van der Waals surface area contributed by atoms with Gasteiger partial charge >= 0.3 is 0 Å². The molecule has 0 heterocycles. The SMILES string of the molecule is SCCCSC(CCc1ccccc1)SCCCS. The summed E-state index contributed by atoms with van der Waals surface area (Å²) in [4.78, 5) is 0. The van der Waals surface area contributed by atoms with Crippen molar-refractivity contribution in [3.8, 4) is 0 Å². The summed E-state index contributed by atoms with van der Waals surface area (Å²) in [6.07, 6.45) is 4.87. The van der Waals surface area contributed by atoms with Gasteiger partial charge in [-0.2, -0.15) is 25.3 Å². The molecule has 0 aliphatic carbocycles. The van der Waals surface area contributed by atoms with Crippen molar-refractivity contribution in [2.24, 2.45) is 0 Å². The fraction of sp³-hybridized carbons (Fsp3) is 0.600. The van der Waals surface area contributed by atoms with Gasteiger partial charge in [-0.25, -0.2) is 0 Å². The topological polar surface area (TPSA) is 0 Å². The second-order valence-electron chi connectivity index (χ2n) is 4.35. The van der Waals surface area contributed by atoms with Gasteiger partial charge in [0.2, 0.25) is 0 Å². The van der Waals surface area contributed by atoms with E-state index >= 15 is 0 Å². The number of hydrogen-bond acceptors (Lipinski definition) is 4. The lowest BCUT2D eigenvalue weighted by molar-refractivity contribution is 0.900. The van der Waals surface area contributed by atoms with Gasteiger partial charge < -0.3 is 0 Å². The highest BCUT2D eigenvalue weighted by Gasteiger charge is 2.09. The summed E-state index contributed by atoms with van der Waals surface area (Å²) in [5.41, 5.74) is 1.46. The third kappa shape index (κ3) is 9.22. The van der Waals surface area contributed by atoms with Crippen molar-refractivity contribution in [2.75, 3.05) is 23.0 Å². The van der Waals surface area contributed by atoms with E-state index in [9.17, 15) is 0 Å². The molecule has 0 atom stereocenters. The Morgan fingerprint density at radius 1 is 0.895 bits per heavy atom. The van der Waals surface area contributed by atoms with Gasteiger partial charge in [-0.3, -0.25) is 0 Å². The van der Waals surface area contributed by atoms with Crippen LogP contribution in [0.1, 0.15) is 24.8 Å². The van der Waals surface area contributed by atoms with E-state index in [1.165, 1.54) is 42.8 Å². The van der Waals surface area contributed by atoms with Crippen LogP contribution >= 0.6 is 48.8 Å². The Kier molecular flexibility index (Phi) is 11.5. The Morgan fingerprint density at radius 2 is 1.47 bits per heavy atom. The highest BCUT2D eigenvalue weighted by molar-refractivity contribution is 8.17. The van der Waals surface area contributed by atoms with Gasteiger partial charge in [0.25, 0.3) is 0 Å². The lowest BCUT2D eigenvalue weighted by Gasteiger charge is -2.16. The van der Waals surface area contributed by atoms with Crippen molar-refractivity contribution in [3.05, 3.63) is 35.9 Å². The Bertz CT molecular complexity index is 292. The molecule has 0 bridgehead atoms. The highest BCUT2D eigenvalue weighted by Crippen LogP contribution is 2.29. The van der Waals surface area contributed by atoms with Crippen LogP contribution in [0.3, 0.4) is 0 Å². The van der Waals surface area contributed by atoms with Crippen molar-refractivity contribution >= 4 is 48.8 Å². The molecule has 0 aliphatic rings. The van der Waals surface area contributed by atoms with Crippen LogP contribution in [0.5, 0.6) is 0 Å². The lowest BCUT2D eigenvalue weighted by Crippen LogP contribution is -2.03. The quantitative estimate of drug-likeness (QED) is 0.330. The first-order valence-corrected chi connectivity index (χ1v) is 10.2. The van der Waals surface area contributed by atoms with Gasteiger partial charge in [0, 0.05) is 0 Å². The van der Waals surface area contributed by atoms with E-state index in [0.717, 1.165) is 16.1 Å². The number of thioether (sulfide) groups is 2. The van der Waals surface area contributed by atoms with Gasteiger partial charge in [0.15, 0.2) is 0 Å². The number of rotatable bonds is 11. The molecule has 0 radical (unpaired) electrons. The molecular formula is C15H24S4. The highest BCUT2D eigenvalue weighted by atomic mass is 32.2. The van der Waals surface area contributed by atoms with E-state index in [0.29, 0.717) is 0 Å². The average Bonchev–Trinajstić information content (AvgIpc) is 2.45. The molecule has 0 N–H and O–H groups in total. The van der Waals surface area contributed by atoms with Crippen LogP contribution in [-0.2, 0) is 6.42 Å². The van der Waals surface area contributed by atoms with Crippen LogP contribution in [0, 0.1) is 0 Å². The van der Waals surface area contributed by atoms with E-state index in [1.807, 2.05) is 0 Å². The first kappa shape index (κ1) is 17.7. The number of hydrogen-bond donors (Lipinski definition) is 2. The summed E-state index contributed by atoms with van der Waals surface area (Å²) in [6.45, 7) is 0. The number of aryl methyl sites for hydroxylation is 1. The smallest absolute Gasteiger partial charge is 0.0505 e. The predicted molar refractivity (Wildman–Crippen MR) is 100 cm³/mol. The third-order valence-corrected chi connectivity index (χ3v) is 6.44. The van der Waals surface area contributed by atoms with Crippen molar-refractivity contribution in [1.82, 2.24) is 0 Å². The summed E-state index contributed by atoms with van der Waals surface area (Å²) in [5.74, 6) is 4.47. The number of thiol groups is 2. The summed E-state index contributed by atoms with van der Waals surface area (Å²) in [7, 11) is 0. The zero-order valence-electron chi connectivity index (χ0n) is 11.3. The Labute approximate surface area is 137 Å². The first-order chi connectivity index (χ1) is 9.36. The molecule has 0 fully saturated rings. The molecule has 108 valence electrons. The summed E-state index contributed by atoms with van der Waals surface area (Å²) < 4.78 is 0.722. The van der Waals surface area contributed by atoms with Crippen LogP contribution in [0.4, 0.5) is 0 Å². The fourth-order valence-electron chi connectivity index (χ4n) is 1.70. The molecule has 4 heteroatoms. The van der Waals surface area contributed by atoms with Crippen LogP contribution < -0.4 is 0 Å². The van der Waals surface area contributed by atoms with Crippen molar-refractivity contribution in [3.63, 3.8) is 0 Å². The largest absolute Gasteiger partial charge is 0.179 e.